The first-order chi connectivity index (χ1) is 8.85. The van der Waals surface area contributed by atoms with Gasteiger partial charge in [0.25, 0.3) is 0 Å². The number of rotatable bonds is 3. The molecule has 0 unspecified atom stereocenters. The van der Waals surface area contributed by atoms with E-state index in [4.69, 9.17) is 5.73 Å². The second kappa shape index (κ2) is 4.77. The highest BCUT2D eigenvalue weighted by Crippen LogP contribution is 2.32. The molecule has 0 amide bonds. The summed E-state index contributed by atoms with van der Waals surface area (Å²) in [5.74, 6) is 0. The minimum absolute atomic E-state index is 0.728. The lowest BCUT2D eigenvalue weighted by atomic mass is 9.95. The first-order valence-corrected chi connectivity index (χ1v) is 7.18. The number of benzene rings is 1. The molecule has 1 aromatic carbocycles. The van der Waals surface area contributed by atoms with E-state index in [9.17, 15) is 0 Å². The van der Waals surface area contributed by atoms with Gasteiger partial charge in [0, 0.05) is 29.7 Å². The molecule has 3 rings (SSSR count). The van der Waals surface area contributed by atoms with Crippen LogP contribution < -0.4 is 5.73 Å². The van der Waals surface area contributed by atoms with Crippen molar-refractivity contribution in [3.8, 4) is 0 Å². The van der Waals surface area contributed by atoms with Gasteiger partial charge in [0.2, 0.25) is 0 Å². The maximum atomic E-state index is 5.78. The third-order valence-corrected chi connectivity index (χ3v) is 4.20. The Balaban J connectivity index is 2.25. The van der Waals surface area contributed by atoms with Crippen molar-refractivity contribution in [1.29, 1.82) is 0 Å². The van der Waals surface area contributed by atoms with Gasteiger partial charge in [0.1, 0.15) is 0 Å². The van der Waals surface area contributed by atoms with Crippen molar-refractivity contribution in [2.45, 2.75) is 45.6 Å². The van der Waals surface area contributed by atoms with Gasteiger partial charge in [-0.1, -0.05) is 13.0 Å². The van der Waals surface area contributed by atoms with Crippen LogP contribution in [0.5, 0.6) is 0 Å². The third-order valence-electron chi connectivity index (χ3n) is 4.20. The summed E-state index contributed by atoms with van der Waals surface area (Å²) in [7, 11) is 0. The summed E-state index contributed by atoms with van der Waals surface area (Å²) in [6, 6.07) is 6.95. The van der Waals surface area contributed by atoms with Crippen LogP contribution in [-0.2, 0) is 25.8 Å². The fourth-order valence-electron chi connectivity index (χ4n) is 3.29. The fourth-order valence-corrected chi connectivity index (χ4v) is 3.29. The molecular formula is C16H22N2. The topological polar surface area (TPSA) is 30.9 Å². The molecule has 2 aromatic rings. The van der Waals surface area contributed by atoms with E-state index in [1.165, 1.54) is 42.1 Å². The van der Waals surface area contributed by atoms with Gasteiger partial charge in [-0.05, 0) is 55.4 Å². The van der Waals surface area contributed by atoms with Gasteiger partial charge in [-0.3, -0.25) is 0 Å². The van der Waals surface area contributed by atoms with Gasteiger partial charge in [-0.2, -0.15) is 0 Å². The molecule has 0 radical (unpaired) electrons. The van der Waals surface area contributed by atoms with Gasteiger partial charge in [0.05, 0.1) is 0 Å². The number of aryl methyl sites for hydroxylation is 2. The largest absolute Gasteiger partial charge is 0.343 e. The Morgan fingerprint density at radius 3 is 2.83 bits per heavy atom. The Morgan fingerprint density at radius 1 is 1.22 bits per heavy atom. The van der Waals surface area contributed by atoms with Crippen LogP contribution in [0, 0.1) is 0 Å². The van der Waals surface area contributed by atoms with Crippen LogP contribution >= 0.6 is 0 Å². The lowest BCUT2D eigenvalue weighted by molar-refractivity contribution is 0.617. The molecule has 1 aliphatic carbocycles. The van der Waals surface area contributed by atoms with Crippen molar-refractivity contribution in [2.24, 2.45) is 5.73 Å². The lowest BCUT2D eigenvalue weighted by Crippen LogP contribution is -2.14. The second-order valence-electron chi connectivity index (χ2n) is 5.28. The number of nitrogens with two attached hydrogens (primary N) is 1. The number of hydrogen-bond donors (Lipinski definition) is 1. The first kappa shape index (κ1) is 11.8. The Labute approximate surface area is 109 Å². The summed E-state index contributed by atoms with van der Waals surface area (Å²) >= 11 is 0. The van der Waals surface area contributed by atoms with E-state index in [2.05, 4.69) is 29.7 Å². The summed E-state index contributed by atoms with van der Waals surface area (Å²) in [6.45, 7) is 3.91. The normalized spacial score (nSPS) is 15.0. The predicted molar refractivity (Wildman–Crippen MR) is 77.0 cm³/mol. The maximum Gasteiger partial charge on any atom is 0.0486 e. The molecule has 0 saturated heterocycles. The zero-order valence-corrected chi connectivity index (χ0v) is 11.2. The predicted octanol–water partition coefficient (Wildman–Crippen LogP) is 3.04. The van der Waals surface area contributed by atoms with Crippen molar-refractivity contribution in [1.82, 2.24) is 4.57 Å². The number of aromatic nitrogens is 1. The fraction of sp³-hybridized carbons (Fsp3) is 0.500. The van der Waals surface area contributed by atoms with Crippen LogP contribution in [0.3, 0.4) is 0 Å². The minimum atomic E-state index is 0.728. The van der Waals surface area contributed by atoms with Crippen molar-refractivity contribution < 1.29 is 0 Å². The molecule has 0 atom stereocenters. The summed E-state index contributed by atoms with van der Waals surface area (Å²) in [5.41, 5.74) is 11.8. The highest BCUT2D eigenvalue weighted by atomic mass is 15.0. The Morgan fingerprint density at radius 2 is 2.06 bits per heavy atom. The molecule has 1 aliphatic rings. The zero-order valence-electron chi connectivity index (χ0n) is 11.2. The van der Waals surface area contributed by atoms with E-state index >= 15 is 0 Å². The summed E-state index contributed by atoms with van der Waals surface area (Å²) in [5, 5.41) is 1.48. The SMILES string of the molecule is CCc1ccc2c(c1)c1c(n2CCN)CCCC1. The number of nitrogens with zero attached hydrogens (tertiary/aromatic N) is 1. The monoisotopic (exact) mass is 242 g/mol. The molecular weight excluding hydrogens is 220 g/mol. The molecule has 0 fully saturated rings. The van der Waals surface area contributed by atoms with Gasteiger partial charge in [-0.25, -0.2) is 0 Å². The Kier molecular flexibility index (Phi) is 3.13. The van der Waals surface area contributed by atoms with Gasteiger partial charge < -0.3 is 10.3 Å². The highest BCUT2D eigenvalue weighted by Gasteiger charge is 2.19. The van der Waals surface area contributed by atoms with Crippen molar-refractivity contribution in [3.05, 3.63) is 35.0 Å². The van der Waals surface area contributed by atoms with E-state index in [1.807, 2.05) is 0 Å². The van der Waals surface area contributed by atoms with Crippen LogP contribution in [0.4, 0.5) is 0 Å². The number of hydrogen-bond acceptors (Lipinski definition) is 1. The second-order valence-corrected chi connectivity index (χ2v) is 5.28. The summed E-state index contributed by atoms with van der Waals surface area (Å²) < 4.78 is 2.46. The van der Waals surface area contributed by atoms with Gasteiger partial charge in [0.15, 0.2) is 0 Å². The average molecular weight is 242 g/mol. The highest BCUT2D eigenvalue weighted by molar-refractivity contribution is 5.86. The zero-order chi connectivity index (χ0) is 12.5. The maximum absolute atomic E-state index is 5.78. The third kappa shape index (κ3) is 1.76. The van der Waals surface area contributed by atoms with Crippen molar-refractivity contribution in [2.75, 3.05) is 6.54 Å². The van der Waals surface area contributed by atoms with Crippen LogP contribution in [0.15, 0.2) is 18.2 Å². The van der Waals surface area contributed by atoms with E-state index in [0.717, 1.165) is 19.5 Å². The van der Waals surface area contributed by atoms with E-state index < -0.39 is 0 Å². The minimum Gasteiger partial charge on any atom is -0.343 e. The number of fused-ring (bicyclic) bond motifs is 3. The van der Waals surface area contributed by atoms with Crippen LogP contribution in [0.2, 0.25) is 0 Å². The first-order valence-electron chi connectivity index (χ1n) is 7.18. The standard InChI is InChI=1S/C16H22N2/c1-2-12-7-8-16-14(11-12)13-5-3-4-6-15(13)18(16)10-9-17/h7-8,11H,2-6,9-10,17H2,1H3. The van der Waals surface area contributed by atoms with E-state index in [1.54, 1.807) is 11.3 Å². The molecule has 2 N–H and O–H groups in total. The molecule has 0 spiro atoms. The smallest absolute Gasteiger partial charge is 0.0486 e. The molecule has 1 aromatic heterocycles. The average Bonchev–Trinajstić information content (AvgIpc) is 2.74. The van der Waals surface area contributed by atoms with Crippen LogP contribution in [0.25, 0.3) is 10.9 Å². The molecule has 2 heteroatoms. The Bertz CT molecular complexity index is 566. The van der Waals surface area contributed by atoms with Crippen molar-refractivity contribution in [3.63, 3.8) is 0 Å². The molecule has 2 nitrogen and oxygen atoms in total. The lowest BCUT2D eigenvalue weighted by Gasteiger charge is -2.15. The molecule has 96 valence electrons. The molecule has 0 aliphatic heterocycles. The molecule has 0 bridgehead atoms. The van der Waals surface area contributed by atoms with Crippen molar-refractivity contribution >= 4 is 10.9 Å². The Hall–Kier alpha value is -1.28. The summed E-state index contributed by atoms with van der Waals surface area (Å²) in [4.78, 5) is 0. The van der Waals surface area contributed by atoms with Gasteiger partial charge >= 0.3 is 0 Å². The molecule has 1 heterocycles. The quantitative estimate of drug-likeness (QED) is 0.881. The molecule has 18 heavy (non-hydrogen) atoms. The molecule has 0 saturated carbocycles. The van der Waals surface area contributed by atoms with E-state index in [-0.39, 0.29) is 0 Å². The van der Waals surface area contributed by atoms with Crippen LogP contribution in [-0.4, -0.2) is 11.1 Å². The summed E-state index contributed by atoms with van der Waals surface area (Å²) in [6.07, 6.45) is 6.26. The van der Waals surface area contributed by atoms with Gasteiger partial charge in [-0.15, -0.1) is 0 Å². The van der Waals surface area contributed by atoms with Crippen LogP contribution in [0.1, 0.15) is 36.6 Å². The van der Waals surface area contributed by atoms with E-state index in [0.29, 0.717) is 0 Å².